The molecule has 2 aromatic carbocycles. The number of amides is 1. The van der Waals surface area contributed by atoms with Crippen LogP contribution in [0.1, 0.15) is 53.1 Å². The van der Waals surface area contributed by atoms with Gasteiger partial charge < -0.3 is 23.5 Å². The quantitative estimate of drug-likeness (QED) is 0.278. The molecule has 4 aromatic rings. The van der Waals surface area contributed by atoms with Crippen molar-refractivity contribution in [2.24, 2.45) is 0 Å². The maximum absolute atomic E-state index is 12.5. The lowest BCUT2D eigenvalue weighted by atomic mass is 9.96. The van der Waals surface area contributed by atoms with Crippen LogP contribution in [-0.4, -0.2) is 56.3 Å². The number of carbonyl (C=O) groups excluding carboxylic acids is 1. The Morgan fingerprint density at radius 2 is 1.85 bits per heavy atom. The molecule has 1 aliphatic heterocycles. The van der Waals surface area contributed by atoms with Gasteiger partial charge in [0, 0.05) is 50.3 Å². The predicted molar refractivity (Wildman–Crippen MR) is 151 cm³/mol. The van der Waals surface area contributed by atoms with Crippen molar-refractivity contribution in [2.45, 2.75) is 37.7 Å². The molecule has 3 heterocycles. The van der Waals surface area contributed by atoms with Crippen LogP contribution in [0.5, 0.6) is 11.5 Å². The highest BCUT2D eigenvalue weighted by atomic mass is 16.5. The molecule has 2 fully saturated rings. The smallest absolute Gasteiger partial charge is 0.253 e. The van der Waals surface area contributed by atoms with Gasteiger partial charge in [-0.1, -0.05) is 0 Å². The minimum Gasteiger partial charge on any atom is -0.496 e. The summed E-state index contributed by atoms with van der Waals surface area (Å²) >= 11 is 0. The number of pyridine rings is 1. The molecule has 8 nitrogen and oxygen atoms in total. The van der Waals surface area contributed by atoms with Crippen LogP contribution in [-0.2, 0) is 4.74 Å². The van der Waals surface area contributed by atoms with E-state index in [9.17, 15) is 10.1 Å². The lowest BCUT2D eigenvalue weighted by Gasteiger charge is -2.25. The Labute approximate surface area is 233 Å². The molecular weight excluding hydrogens is 506 g/mol. The van der Waals surface area contributed by atoms with E-state index in [4.69, 9.17) is 18.6 Å². The maximum Gasteiger partial charge on any atom is 0.253 e. The minimum absolute atomic E-state index is 0.0545. The number of carbonyl (C=O) groups is 1. The van der Waals surface area contributed by atoms with Crippen LogP contribution in [0.4, 0.5) is 0 Å². The Kier molecular flexibility index (Phi) is 6.91. The number of hydrogen-bond acceptors (Lipinski definition) is 7. The first-order valence-electron chi connectivity index (χ1n) is 13.6. The average Bonchev–Trinajstić information content (AvgIpc) is 3.74. The van der Waals surface area contributed by atoms with Crippen molar-refractivity contribution in [3.8, 4) is 40.0 Å². The summed E-state index contributed by atoms with van der Waals surface area (Å²) in [6.07, 6.45) is 5.62. The number of aromatic nitrogens is 1. The summed E-state index contributed by atoms with van der Waals surface area (Å²) in [6.45, 7) is 1.36. The van der Waals surface area contributed by atoms with Gasteiger partial charge in [0.2, 0.25) is 0 Å². The molecule has 0 atom stereocenters. The summed E-state index contributed by atoms with van der Waals surface area (Å²) in [7, 11) is 5.00. The van der Waals surface area contributed by atoms with Crippen molar-refractivity contribution in [3.63, 3.8) is 0 Å². The van der Waals surface area contributed by atoms with E-state index in [0.717, 1.165) is 47.9 Å². The average molecular weight is 538 g/mol. The second-order valence-corrected chi connectivity index (χ2v) is 10.6. The fourth-order valence-corrected chi connectivity index (χ4v) is 5.26. The van der Waals surface area contributed by atoms with Crippen LogP contribution in [0, 0.1) is 11.3 Å². The standard InChI is InChI=1S/C32H31N3O5/c1-35(2)32(36)20-6-7-25(28(16-20)37-3)29-17-27-31(40-29)24(8-11-34-27)21-14-22(18-33)30(26(15-21)19-4-5-19)39-23-9-12-38-13-10-23/h6-8,11,14-17,19,23H,4-5,9-10,12-13H2,1-3H3. The number of hydrogen-bond donors (Lipinski definition) is 0. The Hall–Kier alpha value is -4.35. The molecule has 40 heavy (non-hydrogen) atoms. The number of ether oxygens (including phenoxy) is 3. The third-order valence-corrected chi connectivity index (χ3v) is 7.55. The predicted octanol–water partition coefficient (Wildman–Crippen LogP) is 6.18. The molecule has 0 N–H and O–H groups in total. The van der Waals surface area contributed by atoms with E-state index in [1.54, 1.807) is 39.5 Å². The van der Waals surface area contributed by atoms with Gasteiger partial charge in [0.05, 0.1) is 31.5 Å². The highest BCUT2D eigenvalue weighted by Crippen LogP contribution is 2.48. The molecule has 2 aromatic heterocycles. The monoisotopic (exact) mass is 537 g/mol. The first-order valence-corrected chi connectivity index (χ1v) is 13.6. The van der Waals surface area contributed by atoms with E-state index in [1.165, 1.54) is 4.90 Å². The largest absolute Gasteiger partial charge is 0.496 e. The van der Waals surface area contributed by atoms with Gasteiger partial charge >= 0.3 is 0 Å². The van der Waals surface area contributed by atoms with E-state index in [-0.39, 0.29) is 12.0 Å². The summed E-state index contributed by atoms with van der Waals surface area (Å²) in [6, 6.07) is 15.5. The van der Waals surface area contributed by atoms with Crippen molar-refractivity contribution in [1.82, 2.24) is 9.88 Å². The fraction of sp³-hybridized carbons (Fsp3) is 0.344. The van der Waals surface area contributed by atoms with Gasteiger partial charge in [0.25, 0.3) is 5.91 Å². The lowest BCUT2D eigenvalue weighted by molar-refractivity contribution is 0.0251. The van der Waals surface area contributed by atoms with Crippen molar-refractivity contribution in [1.29, 1.82) is 5.26 Å². The first kappa shape index (κ1) is 25.9. The van der Waals surface area contributed by atoms with Crippen LogP contribution in [0.25, 0.3) is 33.6 Å². The van der Waals surface area contributed by atoms with Gasteiger partial charge in [0.15, 0.2) is 5.58 Å². The van der Waals surface area contributed by atoms with Gasteiger partial charge in [-0.05, 0) is 66.3 Å². The second-order valence-electron chi connectivity index (χ2n) is 10.6. The number of nitriles is 1. The summed E-state index contributed by atoms with van der Waals surface area (Å²) in [5, 5.41) is 10.1. The molecule has 8 heteroatoms. The molecule has 1 saturated carbocycles. The minimum atomic E-state index is -0.109. The van der Waals surface area contributed by atoms with E-state index in [2.05, 4.69) is 17.1 Å². The molecule has 1 saturated heterocycles. The molecule has 0 bridgehead atoms. The Morgan fingerprint density at radius 1 is 1.05 bits per heavy atom. The second kappa shape index (κ2) is 10.7. The van der Waals surface area contributed by atoms with Crippen LogP contribution in [0.15, 0.2) is 53.1 Å². The molecule has 1 aliphatic carbocycles. The summed E-state index contributed by atoms with van der Waals surface area (Å²) in [5.74, 6) is 2.10. The number of methoxy groups -OCH3 is 1. The van der Waals surface area contributed by atoms with Crippen molar-refractivity contribution < 1.29 is 23.4 Å². The summed E-state index contributed by atoms with van der Waals surface area (Å²) < 4.78 is 24.0. The van der Waals surface area contributed by atoms with Crippen molar-refractivity contribution in [2.75, 3.05) is 34.4 Å². The van der Waals surface area contributed by atoms with Crippen LogP contribution in [0.3, 0.4) is 0 Å². The molecule has 0 radical (unpaired) electrons. The SMILES string of the molecule is COc1cc(C(=O)N(C)C)ccc1-c1cc2nccc(-c3cc(C#N)c(OC4CCOCC4)c(C4CC4)c3)c2o1. The summed E-state index contributed by atoms with van der Waals surface area (Å²) in [4.78, 5) is 18.5. The zero-order valence-corrected chi connectivity index (χ0v) is 22.9. The lowest BCUT2D eigenvalue weighted by Crippen LogP contribution is -2.26. The number of nitrogens with zero attached hydrogens (tertiary/aromatic N) is 3. The Bertz CT molecular complexity index is 1620. The van der Waals surface area contributed by atoms with Gasteiger partial charge in [-0.15, -0.1) is 0 Å². The van der Waals surface area contributed by atoms with Crippen LogP contribution in [0.2, 0.25) is 0 Å². The van der Waals surface area contributed by atoms with E-state index in [0.29, 0.717) is 58.6 Å². The third-order valence-electron chi connectivity index (χ3n) is 7.55. The van der Waals surface area contributed by atoms with Crippen molar-refractivity contribution >= 4 is 17.0 Å². The number of benzene rings is 2. The molecular formula is C32H31N3O5. The Morgan fingerprint density at radius 3 is 2.55 bits per heavy atom. The van der Waals surface area contributed by atoms with Crippen LogP contribution >= 0.6 is 0 Å². The maximum atomic E-state index is 12.5. The summed E-state index contributed by atoms with van der Waals surface area (Å²) in [5.41, 5.74) is 5.92. The highest BCUT2D eigenvalue weighted by molar-refractivity contribution is 5.96. The fourth-order valence-electron chi connectivity index (χ4n) is 5.26. The Balaban J connectivity index is 1.42. The van der Waals surface area contributed by atoms with Gasteiger partial charge in [0.1, 0.15) is 34.9 Å². The number of furan rings is 1. The highest BCUT2D eigenvalue weighted by Gasteiger charge is 2.31. The normalized spacial score (nSPS) is 15.6. The molecule has 6 rings (SSSR count). The molecule has 2 aliphatic rings. The zero-order chi connectivity index (χ0) is 27.8. The third kappa shape index (κ3) is 4.89. The molecule has 204 valence electrons. The molecule has 1 amide bonds. The van der Waals surface area contributed by atoms with Crippen molar-refractivity contribution in [3.05, 3.63) is 65.4 Å². The molecule has 0 unspecified atom stereocenters. The first-order chi connectivity index (χ1) is 19.5. The van der Waals surface area contributed by atoms with E-state index < -0.39 is 0 Å². The zero-order valence-electron chi connectivity index (χ0n) is 22.9. The number of rotatable bonds is 7. The van der Waals surface area contributed by atoms with Crippen LogP contribution < -0.4 is 9.47 Å². The van der Waals surface area contributed by atoms with Gasteiger partial charge in [-0.25, -0.2) is 0 Å². The van der Waals surface area contributed by atoms with Gasteiger partial charge in [-0.2, -0.15) is 5.26 Å². The van der Waals surface area contributed by atoms with E-state index >= 15 is 0 Å². The molecule has 0 spiro atoms. The van der Waals surface area contributed by atoms with E-state index in [1.807, 2.05) is 24.3 Å². The number of fused-ring (bicyclic) bond motifs is 1. The van der Waals surface area contributed by atoms with Gasteiger partial charge in [-0.3, -0.25) is 9.78 Å². The topological polar surface area (TPSA) is 97.8 Å².